The predicted molar refractivity (Wildman–Crippen MR) is 112 cm³/mol. The summed E-state index contributed by atoms with van der Waals surface area (Å²) in [6, 6.07) is 10.3. The molecule has 0 saturated carbocycles. The number of aliphatic imine (C=N–C) groups is 1. The minimum Gasteiger partial charge on any atom is -0.357 e. The molecule has 6 nitrogen and oxygen atoms in total. The molecule has 0 spiro atoms. The van der Waals surface area contributed by atoms with Gasteiger partial charge < -0.3 is 10.6 Å². The SMILES string of the molecule is CCNC(=NCCCNS(=O)(=O)CC)NCCc1ccccc1.I. The van der Waals surface area contributed by atoms with Crippen molar-refractivity contribution in [3.8, 4) is 0 Å². The normalized spacial score (nSPS) is 11.7. The second kappa shape index (κ2) is 13.4. The number of halogens is 1. The molecule has 0 radical (unpaired) electrons. The maximum absolute atomic E-state index is 11.3. The van der Waals surface area contributed by atoms with Crippen LogP contribution < -0.4 is 15.4 Å². The Morgan fingerprint density at radius 2 is 1.79 bits per heavy atom. The summed E-state index contributed by atoms with van der Waals surface area (Å²) in [6.07, 6.45) is 1.61. The van der Waals surface area contributed by atoms with Crippen LogP contribution in [0.5, 0.6) is 0 Å². The Kier molecular flexibility index (Phi) is 12.9. The first-order valence-electron chi connectivity index (χ1n) is 8.11. The van der Waals surface area contributed by atoms with Gasteiger partial charge in [-0.1, -0.05) is 30.3 Å². The summed E-state index contributed by atoms with van der Waals surface area (Å²) < 4.78 is 25.1. The number of nitrogens with zero attached hydrogens (tertiary/aromatic N) is 1. The zero-order valence-corrected chi connectivity index (χ0v) is 17.6. The Balaban J connectivity index is 0.00000529. The first-order valence-corrected chi connectivity index (χ1v) is 9.76. The summed E-state index contributed by atoms with van der Waals surface area (Å²) in [4.78, 5) is 4.45. The molecule has 3 N–H and O–H groups in total. The van der Waals surface area contributed by atoms with Crippen LogP contribution in [0.3, 0.4) is 0 Å². The van der Waals surface area contributed by atoms with Gasteiger partial charge in [-0.05, 0) is 32.3 Å². The first kappa shape index (κ1) is 23.1. The monoisotopic (exact) mass is 468 g/mol. The molecule has 0 heterocycles. The van der Waals surface area contributed by atoms with Crippen molar-refractivity contribution >= 4 is 40.0 Å². The van der Waals surface area contributed by atoms with Crippen LogP contribution in [0.1, 0.15) is 25.8 Å². The molecule has 138 valence electrons. The molecule has 0 unspecified atom stereocenters. The molecule has 0 amide bonds. The molecule has 0 aliphatic rings. The largest absolute Gasteiger partial charge is 0.357 e. The number of benzene rings is 1. The fraction of sp³-hybridized carbons (Fsp3) is 0.562. The Bertz CT molecular complexity index is 565. The lowest BCUT2D eigenvalue weighted by Crippen LogP contribution is -2.38. The van der Waals surface area contributed by atoms with Crippen molar-refractivity contribution in [2.75, 3.05) is 31.9 Å². The lowest BCUT2D eigenvalue weighted by atomic mass is 10.1. The van der Waals surface area contributed by atoms with E-state index in [-0.39, 0.29) is 29.7 Å². The molecule has 8 heteroatoms. The second-order valence-corrected chi connectivity index (χ2v) is 7.17. The van der Waals surface area contributed by atoms with Crippen LogP contribution in [0.25, 0.3) is 0 Å². The summed E-state index contributed by atoms with van der Waals surface area (Å²) in [6.45, 7) is 6.23. The van der Waals surface area contributed by atoms with E-state index in [0.717, 1.165) is 25.5 Å². The highest BCUT2D eigenvalue weighted by Crippen LogP contribution is 1.98. The molecular weight excluding hydrogens is 439 g/mol. The molecule has 24 heavy (non-hydrogen) atoms. The van der Waals surface area contributed by atoms with Gasteiger partial charge in [-0.15, -0.1) is 24.0 Å². The van der Waals surface area contributed by atoms with Gasteiger partial charge in [0, 0.05) is 26.2 Å². The highest BCUT2D eigenvalue weighted by molar-refractivity contribution is 14.0. The van der Waals surface area contributed by atoms with Crippen molar-refractivity contribution in [1.82, 2.24) is 15.4 Å². The minimum absolute atomic E-state index is 0. The number of hydrogen-bond acceptors (Lipinski definition) is 3. The van der Waals surface area contributed by atoms with Crippen molar-refractivity contribution in [2.24, 2.45) is 4.99 Å². The molecule has 0 atom stereocenters. The van der Waals surface area contributed by atoms with Gasteiger partial charge in [-0.3, -0.25) is 4.99 Å². The average molecular weight is 468 g/mol. The van der Waals surface area contributed by atoms with E-state index < -0.39 is 10.0 Å². The van der Waals surface area contributed by atoms with Crippen molar-refractivity contribution in [3.05, 3.63) is 35.9 Å². The van der Waals surface area contributed by atoms with Crippen molar-refractivity contribution in [1.29, 1.82) is 0 Å². The van der Waals surface area contributed by atoms with Gasteiger partial charge in [0.2, 0.25) is 10.0 Å². The van der Waals surface area contributed by atoms with Gasteiger partial charge in [0.25, 0.3) is 0 Å². The molecule has 0 fully saturated rings. The van der Waals surface area contributed by atoms with Crippen LogP contribution in [0.15, 0.2) is 35.3 Å². The summed E-state index contributed by atoms with van der Waals surface area (Å²) >= 11 is 0. The van der Waals surface area contributed by atoms with E-state index in [1.807, 2.05) is 25.1 Å². The number of sulfonamides is 1. The van der Waals surface area contributed by atoms with Crippen LogP contribution in [0.2, 0.25) is 0 Å². The third-order valence-corrected chi connectivity index (χ3v) is 4.60. The zero-order valence-electron chi connectivity index (χ0n) is 14.4. The van der Waals surface area contributed by atoms with Crippen LogP contribution in [0.4, 0.5) is 0 Å². The van der Waals surface area contributed by atoms with E-state index in [0.29, 0.717) is 19.5 Å². The quantitative estimate of drug-likeness (QED) is 0.212. The summed E-state index contributed by atoms with van der Waals surface area (Å²) in [5.74, 6) is 0.877. The number of guanidine groups is 1. The molecule has 1 rings (SSSR count). The van der Waals surface area contributed by atoms with Crippen molar-refractivity contribution < 1.29 is 8.42 Å². The van der Waals surface area contributed by atoms with Crippen LogP contribution in [0, 0.1) is 0 Å². The average Bonchev–Trinajstić information content (AvgIpc) is 2.55. The molecule has 0 aromatic heterocycles. The van der Waals surface area contributed by atoms with Crippen LogP contribution in [-0.2, 0) is 16.4 Å². The Labute approximate surface area is 163 Å². The van der Waals surface area contributed by atoms with Gasteiger partial charge in [0.1, 0.15) is 0 Å². The summed E-state index contributed by atoms with van der Waals surface area (Å²) in [7, 11) is -3.10. The highest BCUT2D eigenvalue weighted by Gasteiger charge is 2.04. The van der Waals surface area contributed by atoms with E-state index in [1.54, 1.807) is 6.92 Å². The van der Waals surface area contributed by atoms with E-state index in [1.165, 1.54) is 5.56 Å². The van der Waals surface area contributed by atoms with Gasteiger partial charge >= 0.3 is 0 Å². The van der Waals surface area contributed by atoms with E-state index in [4.69, 9.17) is 0 Å². The summed E-state index contributed by atoms with van der Waals surface area (Å²) in [5.41, 5.74) is 1.28. The second-order valence-electron chi connectivity index (χ2n) is 5.07. The van der Waals surface area contributed by atoms with Crippen LogP contribution >= 0.6 is 24.0 Å². The fourth-order valence-corrected chi connectivity index (χ4v) is 2.57. The summed E-state index contributed by atoms with van der Waals surface area (Å²) in [5, 5.41) is 6.48. The van der Waals surface area contributed by atoms with Gasteiger partial charge in [-0.2, -0.15) is 0 Å². The standard InChI is InChI=1S/C16H28N4O2S.HI/c1-3-17-16(18-12-8-13-20-23(21,22)4-2)19-14-11-15-9-6-5-7-10-15;/h5-7,9-10,20H,3-4,8,11-14H2,1-2H3,(H2,17,18,19);1H. The Hall–Kier alpha value is -0.870. The molecule has 0 aliphatic heterocycles. The fourth-order valence-electron chi connectivity index (χ4n) is 1.91. The zero-order chi connectivity index (χ0) is 17.0. The number of rotatable bonds is 10. The van der Waals surface area contributed by atoms with Gasteiger partial charge in [-0.25, -0.2) is 13.1 Å². The van der Waals surface area contributed by atoms with Crippen LogP contribution in [-0.4, -0.2) is 46.3 Å². The first-order chi connectivity index (χ1) is 11.1. The van der Waals surface area contributed by atoms with E-state index in [9.17, 15) is 8.42 Å². The molecule has 0 saturated heterocycles. The highest BCUT2D eigenvalue weighted by atomic mass is 127. The topological polar surface area (TPSA) is 82.6 Å². The smallest absolute Gasteiger partial charge is 0.211 e. The lowest BCUT2D eigenvalue weighted by molar-refractivity contribution is 0.581. The van der Waals surface area contributed by atoms with Crippen molar-refractivity contribution in [3.63, 3.8) is 0 Å². The number of hydrogen-bond donors (Lipinski definition) is 3. The third-order valence-electron chi connectivity index (χ3n) is 3.20. The Morgan fingerprint density at radius 1 is 1.08 bits per heavy atom. The van der Waals surface area contributed by atoms with E-state index in [2.05, 4.69) is 32.5 Å². The van der Waals surface area contributed by atoms with Gasteiger partial charge in [0.05, 0.1) is 5.75 Å². The number of nitrogens with one attached hydrogen (secondary N) is 3. The molecular formula is C16H29IN4O2S. The van der Waals surface area contributed by atoms with E-state index >= 15 is 0 Å². The minimum atomic E-state index is -3.10. The third kappa shape index (κ3) is 10.8. The maximum atomic E-state index is 11.3. The van der Waals surface area contributed by atoms with Crippen molar-refractivity contribution in [2.45, 2.75) is 26.7 Å². The predicted octanol–water partition coefficient (Wildman–Crippen LogP) is 1.73. The molecule has 1 aromatic carbocycles. The van der Waals surface area contributed by atoms with Gasteiger partial charge in [0.15, 0.2) is 5.96 Å². The maximum Gasteiger partial charge on any atom is 0.211 e. The molecule has 0 aliphatic carbocycles. The molecule has 0 bridgehead atoms. The molecule has 1 aromatic rings. The lowest BCUT2D eigenvalue weighted by Gasteiger charge is -2.11. The Morgan fingerprint density at radius 3 is 2.42 bits per heavy atom.